The highest BCUT2D eigenvalue weighted by molar-refractivity contribution is 5.57. The Bertz CT molecular complexity index is 210. The molecular weight excluding hydrogens is 202 g/mol. The van der Waals surface area contributed by atoms with E-state index >= 15 is 0 Å². The molecule has 0 aromatic heterocycles. The Hall–Kier alpha value is -0.450. The van der Waals surface area contributed by atoms with Crippen LogP contribution in [0.15, 0.2) is 0 Å². The van der Waals surface area contributed by atoms with Crippen molar-refractivity contribution in [1.82, 2.24) is 15.5 Å². The SMILES string of the molecule is O=CC(NC1CCC[N]C1)N1CCCCC1. The molecule has 2 saturated heterocycles. The molecular formula is C12H22N3O. The summed E-state index contributed by atoms with van der Waals surface area (Å²) < 4.78 is 0. The van der Waals surface area contributed by atoms with Crippen LogP contribution in [0.1, 0.15) is 32.1 Å². The van der Waals surface area contributed by atoms with E-state index in [1.165, 1.54) is 19.3 Å². The third-order valence-electron chi connectivity index (χ3n) is 3.54. The van der Waals surface area contributed by atoms with Crippen LogP contribution in [0.25, 0.3) is 0 Å². The summed E-state index contributed by atoms with van der Waals surface area (Å²) in [5.74, 6) is 0. The summed E-state index contributed by atoms with van der Waals surface area (Å²) in [4.78, 5) is 13.4. The number of carbonyl (C=O) groups is 1. The Balaban J connectivity index is 1.81. The van der Waals surface area contributed by atoms with E-state index in [9.17, 15) is 4.79 Å². The molecule has 0 aromatic carbocycles. The zero-order chi connectivity index (χ0) is 11.2. The number of likely N-dealkylation sites (tertiary alicyclic amines) is 1. The topological polar surface area (TPSA) is 46.4 Å². The van der Waals surface area contributed by atoms with Crippen molar-refractivity contribution < 1.29 is 4.79 Å². The lowest BCUT2D eigenvalue weighted by Gasteiger charge is -2.35. The smallest absolute Gasteiger partial charge is 0.151 e. The van der Waals surface area contributed by atoms with Gasteiger partial charge in [-0.2, -0.15) is 0 Å². The molecule has 0 saturated carbocycles. The molecule has 2 fully saturated rings. The van der Waals surface area contributed by atoms with E-state index in [0.717, 1.165) is 45.3 Å². The minimum Gasteiger partial charge on any atom is -0.300 e. The first kappa shape index (κ1) is 12.0. The second-order valence-electron chi connectivity index (χ2n) is 4.81. The quantitative estimate of drug-likeness (QED) is 0.701. The number of aldehydes is 1. The molecule has 0 aromatic rings. The Morgan fingerprint density at radius 1 is 1.25 bits per heavy atom. The Kier molecular flexibility index (Phi) is 4.75. The highest BCUT2D eigenvalue weighted by Crippen LogP contribution is 2.11. The molecule has 4 heteroatoms. The Morgan fingerprint density at radius 2 is 2.06 bits per heavy atom. The van der Waals surface area contributed by atoms with Crippen molar-refractivity contribution in [3.8, 4) is 0 Å². The summed E-state index contributed by atoms with van der Waals surface area (Å²) in [6, 6.07) is 0.408. The highest BCUT2D eigenvalue weighted by atomic mass is 16.1. The van der Waals surface area contributed by atoms with Crippen LogP contribution in [-0.4, -0.2) is 49.6 Å². The van der Waals surface area contributed by atoms with Crippen molar-refractivity contribution in [3.63, 3.8) is 0 Å². The summed E-state index contributed by atoms with van der Waals surface area (Å²) in [7, 11) is 0. The normalized spacial score (nSPS) is 29.9. The van der Waals surface area contributed by atoms with Crippen molar-refractivity contribution in [2.24, 2.45) is 0 Å². The maximum atomic E-state index is 11.1. The maximum absolute atomic E-state index is 11.1. The molecule has 2 aliphatic rings. The van der Waals surface area contributed by atoms with Crippen molar-refractivity contribution in [2.75, 3.05) is 26.2 Å². The predicted molar refractivity (Wildman–Crippen MR) is 63.3 cm³/mol. The molecule has 4 nitrogen and oxygen atoms in total. The lowest BCUT2D eigenvalue weighted by atomic mass is 10.1. The van der Waals surface area contributed by atoms with Gasteiger partial charge in [0.2, 0.25) is 0 Å². The van der Waals surface area contributed by atoms with Gasteiger partial charge in [0.15, 0.2) is 6.29 Å². The van der Waals surface area contributed by atoms with Crippen molar-refractivity contribution in [2.45, 2.75) is 44.3 Å². The van der Waals surface area contributed by atoms with E-state index in [-0.39, 0.29) is 6.17 Å². The summed E-state index contributed by atoms with van der Waals surface area (Å²) in [6.45, 7) is 3.98. The first-order chi connectivity index (χ1) is 7.90. The van der Waals surface area contributed by atoms with Crippen LogP contribution >= 0.6 is 0 Å². The molecule has 1 N–H and O–H groups in total. The third-order valence-corrected chi connectivity index (χ3v) is 3.54. The van der Waals surface area contributed by atoms with Gasteiger partial charge in [0.05, 0.1) is 0 Å². The number of rotatable bonds is 4. The van der Waals surface area contributed by atoms with E-state index in [2.05, 4.69) is 15.5 Å². The molecule has 1 radical (unpaired) electrons. The second-order valence-corrected chi connectivity index (χ2v) is 4.81. The molecule has 16 heavy (non-hydrogen) atoms. The van der Waals surface area contributed by atoms with E-state index in [4.69, 9.17) is 0 Å². The molecule has 0 aliphatic carbocycles. The lowest BCUT2D eigenvalue weighted by molar-refractivity contribution is -0.114. The fraction of sp³-hybridized carbons (Fsp3) is 0.917. The number of nitrogens with zero attached hydrogens (tertiary/aromatic N) is 2. The van der Waals surface area contributed by atoms with Gasteiger partial charge in [-0.3, -0.25) is 10.2 Å². The van der Waals surface area contributed by atoms with Crippen molar-refractivity contribution in [1.29, 1.82) is 0 Å². The average molecular weight is 224 g/mol. The zero-order valence-corrected chi connectivity index (χ0v) is 9.90. The predicted octanol–water partition coefficient (Wildman–Crippen LogP) is 0.354. The van der Waals surface area contributed by atoms with Gasteiger partial charge in [0, 0.05) is 32.2 Å². The summed E-state index contributed by atoms with van der Waals surface area (Å²) in [6.07, 6.45) is 7.03. The molecule has 2 unspecified atom stereocenters. The van der Waals surface area contributed by atoms with Crippen LogP contribution in [0.3, 0.4) is 0 Å². The van der Waals surface area contributed by atoms with E-state index in [1.54, 1.807) is 0 Å². The molecule has 0 amide bonds. The zero-order valence-electron chi connectivity index (χ0n) is 9.90. The summed E-state index contributed by atoms with van der Waals surface area (Å²) in [5, 5.41) is 7.83. The van der Waals surface area contributed by atoms with E-state index < -0.39 is 0 Å². The second kappa shape index (κ2) is 6.33. The Morgan fingerprint density at radius 3 is 2.69 bits per heavy atom. The van der Waals surface area contributed by atoms with Crippen LogP contribution in [0.2, 0.25) is 0 Å². The number of nitrogens with one attached hydrogen (secondary N) is 1. The van der Waals surface area contributed by atoms with Gasteiger partial charge in [-0.05, 0) is 25.7 Å². The summed E-state index contributed by atoms with van der Waals surface area (Å²) in [5.41, 5.74) is 0. The number of carbonyl (C=O) groups excluding carboxylic acids is 1. The summed E-state index contributed by atoms with van der Waals surface area (Å²) >= 11 is 0. The average Bonchev–Trinajstić information content (AvgIpc) is 2.38. The number of hydrogen-bond acceptors (Lipinski definition) is 3. The van der Waals surface area contributed by atoms with Gasteiger partial charge in [0.25, 0.3) is 0 Å². The first-order valence-electron chi connectivity index (χ1n) is 6.49. The standard InChI is InChI=1S/C12H22N3O/c16-10-12(15-7-2-1-3-8-15)14-11-5-4-6-13-9-11/h10-12,14H,1-9H2. The van der Waals surface area contributed by atoms with Crippen molar-refractivity contribution >= 4 is 6.29 Å². The highest BCUT2D eigenvalue weighted by Gasteiger charge is 2.23. The van der Waals surface area contributed by atoms with Gasteiger partial charge in [-0.25, -0.2) is 5.32 Å². The first-order valence-corrected chi connectivity index (χ1v) is 6.49. The van der Waals surface area contributed by atoms with Crippen LogP contribution in [0.5, 0.6) is 0 Å². The minimum absolute atomic E-state index is 0.0846. The molecule has 0 spiro atoms. The largest absolute Gasteiger partial charge is 0.300 e. The Labute approximate surface area is 97.8 Å². The fourth-order valence-electron chi connectivity index (χ4n) is 2.59. The van der Waals surface area contributed by atoms with Gasteiger partial charge >= 0.3 is 0 Å². The third kappa shape index (κ3) is 3.27. The molecule has 2 aliphatic heterocycles. The van der Waals surface area contributed by atoms with Crippen LogP contribution in [0.4, 0.5) is 0 Å². The molecule has 0 bridgehead atoms. The number of hydrogen-bond donors (Lipinski definition) is 1. The fourth-order valence-corrected chi connectivity index (χ4v) is 2.59. The molecule has 2 rings (SSSR count). The van der Waals surface area contributed by atoms with Crippen LogP contribution < -0.4 is 10.6 Å². The maximum Gasteiger partial charge on any atom is 0.151 e. The monoisotopic (exact) mass is 224 g/mol. The van der Waals surface area contributed by atoms with Crippen LogP contribution in [0, 0.1) is 0 Å². The van der Waals surface area contributed by atoms with E-state index in [1.807, 2.05) is 0 Å². The van der Waals surface area contributed by atoms with Gasteiger partial charge < -0.3 is 4.79 Å². The number of piperidine rings is 2. The van der Waals surface area contributed by atoms with Crippen LogP contribution in [-0.2, 0) is 4.79 Å². The van der Waals surface area contributed by atoms with Gasteiger partial charge in [-0.15, -0.1) is 0 Å². The molecule has 2 heterocycles. The molecule has 2 atom stereocenters. The minimum atomic E-state index is -0.0846. The molecule has 91 valence electrons. The lowest BCUT2D eigenvalue weighted by Crippen LogP contribution is -2.54. The van der Waals surface area contributed by atoms with Gasteiger partial charge in [-0.1, -0.05) is 6.42 Å². The van der Waals surface area contributed by atoms with Crippen molar-refractivity contribution in [3.05, 3.63) is 0 Å². The van der Waals surface area contributed by atoms with E-state index in [0.29, 0.717) is 6.04 Å². The van der Waals surface area contributed by atoms with Gasteiger partial charge in [0.1, 0.15) is 6.17 Å².